The van der Waals surface area contributed by atoms with Gasteiger partial charge in [0.2, 0.25) is 0 Å². The first-order valence-corrected chi connectivity index (χ1v) is 3.56. The molecule has 5 unspecified atom stereocenters. The molecule has 1 heterocycles. The minimum absolute atomic E-state index is 0.526. The summed E-state index contributed by atoms with van der Waals surface area (Å²) in [7, 11) is 0. The van der Waals surface area contributed by atoms with E-state index in [2.05, 4.69) is 4.74 Å². The molecule has 0 aromatic rings. The molecule has 6 nitrogen and oxygen atoms in total. The van der Waals surface area contributed by atoms with Gasteiger partial charge in [0.1, 0.15) is 24.4 Å². The third kappa shape index (κ3) is 1.58. The Kier molecular flexibility index (Phi) is 2.99. The number of aliphatic hydroxyl groups is 5. The van der Waals surface area contributed by atoms with E-state index in [1.54, 1.807) is 0 Å². The van der Waals surface area contributed by atoms with Crippen LogP contribution in [-0.4, -0.2) is 62.8 Å². The molecule has 0 bridgehead atoms. The SMILES string of the molecule is OCC1O[14CH](O)C(O)C(O)C1O. The van der Waals surface area contributed by atoms with Crippen molar-refractivity contribution in [2.24, 2.45) is 0 Å². The topological polar surface area (TPSA) is 110 Å². The van der Waals surface area contributed by atoms with Gasteiger partial charge in [-0.2, -0.15) is 0 Å². The minimum atomic E-state index is -1.57. The Labute approximate surface area is 68.6 Å². The van der Waals surface area contributed by atoms with Crippen molar-refractivity contribution in [2.75, 3.05) is 6.61 Å². The van der Waals surface area contributed by atoms with Gasteiger partial charge in [-0.25, -0.2) is 0 Å². The van der Waals surface area contributed by atoms with Gasteiger partial charge in [-0.1, -0.05) is 0 Å². The molecule has 0 aliphatic carbocycles. The van der Waals surface area contributed by atoms with Crippen LogP contribution in [0.25, 0.3) is 0 Å². The first kappa shape index (κ1) is 9.85. The van der Waals surface area contributed by atoms with E-state index in [4.69, 9.17) is 25.5 Å². The molecule has 1 aliphatic heterocycles. The van der Waals surface area contributed by atoms with Crippen LogP contribution < -0.4 is 0 Å². The van der Waals surface area contributed by atoms with Crippen molar-refractivity contribution in [3.63, 3.8) is 0 Å². The van der Waals surface area contributed by atoms with E-state index >= 15 is 0 Å². The second-order valence-electron chi connectivity index (χ2n) is 2.72. The standard InChI is InChI=1S/C6H12O6/c7-1-2-3(8)4(9)5(10)6(11)12-2/h2-11H,1H2/i6+2. The Morgan fingerprint density at radius 1 is 1.17 bits per heavy atom. The van der Waals surface area contributed by atoms with Crippen molar-refractivity contribution in [1.82, 2.24) is 0 Å². The van der Waals surface area contributed by atoms with Crippen molar-refractivity contribution in [3.8, 4) is 0 Å². The van der Waals surface area contributed by atoms with Gasteiger partial charge in [0.15, 0.2) is 6.29 Å². The van der Waals surface area contributed by atoms with Crippen molar-refractivity contribution in [2.45, 2.75) is 30.7 Å². The van der Waals surface area contributed by atoms with Gasteiger partial charge in [-0.3, -0.25) is 0 Å². The zero-order chi connectivity index (χ0) is 9.30. The lowest BCUT2D eigenvalue weighted by Crippen LogP contribution is -2.58. The normalized spacial score (nSPS) is 49.2. The maximum Gasteiger partial charge on any atom is 0.184 e. The lowest BCUT2D eigenvalue weighted by Gasteiger charge is -2.37. The van der Waals surface area contributed by atoms with Crippen LogP contribution in [-0.2, 0) is 4.74 Å². The number of hydrogen-bond donors (Lipinski definition) is 5. The van der Waals surface area contributed by atoms with Gasteiger partial charge >= 0.3 is 0 Å². The maximum atomic E-state index is 9.12. The summed E-state index contributed by atoms with van der Waals surface area (Å²) in [6, 6.07) is 0. The van der Waals surface area contributed by atoms with Crippen molar-refractivity contribution < 1.29 is 30.3 Å². The second-order valence-corrected chi connectivity index (χ2v) is 2.72. The van der Waals surface area contributed by atoms with E-state index in [0.29, 0.717) is 0 Å². The highest BCUT2D eigenvalue weighted by molar-refractivity contribution is 4.87. The van der Waals surface area contributed by atoms with Crippen LogP contribution in [0.1, 0.15) is 0 Å². The van der Waals surface area contributed by atoms with E-state index in [1.807, 2.05) is 0 Å². The van der Waals surface area contributed by atoms with E-state index in [1.165, 1.54) is 0 Å². The Hall–Kier alpha value is -0.240. The summed E-state index contributed by atoms with van der Waals surface area (Å²) in [6.07, 6.45) is -7.04. The predicted octanol–water partition coefficient (Wildman–Crippen LogP) is -3.22. The molecule has 0 radical (unpaired) electrons. The largest absolute Gasteiger partial charge is 0.394 e. The molecule has 12 heavy (non-hydrogen) atoms. The molecule has 72 valence electrons. The monoisotopic (exact) mass is 182 g/mol. The molecule has 1 saturated heterocycles. The van der Waals surface area contributed by atoms with Gasteiger partial charge in [-0.15, -0.1) is 0 Å². The van der Waals surface area contributed by atoms with Crippen LogP contribution in [0.2, 0.25) is 0 Å². The fourth-order valence-corrected chi connectivity index (χ4v) is 1.08. The van der Waals surface area contributed by atoms with Gasteiger partial charge < -0.3 is 30.3 Å². The molecule has 5 atom stereocenters. The molecule has 1 aliphatic rings. The molecule has 0 amide bonds. The summed E-state index contributed by atoms with van der Waals surface area (Å²) >= 11 is 0. The lowest BCUT2D eigenvalue weighted by atomic mass is 10.1. The van der Waals surface area contributed by atoms with Crippen molar-refractivity contribution in [1.29, 1.82) is 0 Å². The zero-order valence-corrected chi connectivity index (χ0v) is 6.24. The Morgan fingerprint density at radius 2 is 1.75 bits per heavy atom. The second kappa shape index (κ2) is 3.65. The quantitative estimate of drug-likeness (QED) is 0.292. The summed E-state index contributed by atoms with van der Waals surface area (Å²) in [4.78, 5) is 0. The van der Waals surface area contributed by atoms with Crippen LogP contribution in [0.3, 0.4) is 0 Å². The molecule has 0 saturated carbocycles. The van der Waals surface area contributed by atoms with Gasteiger partial charge in [-0.05, 0) is 0 Å². The van der Waals surface area contributed by atoms with Crippen LogP contribution in [0.4, 0.5) is 0 Å². The van der Waals surface area contributed by atoms with E-state index in [0.717, 1.165) is 0 Å². The Balaban J connectivity index is 2.63. The average molecular weight is 182 g/mol. The van der Waals surface area contributed by atoms with Crippen LogP contribution >= 0.6 is 0 Å². The van der Waals surface area contributed by atoms with E-state index < -0.39 is 37.3 Å². The van der Waals surface area contributed by atoms with Crippen LogP contribution in [0, 0.1) is 0 Å². The number of ether oxygens (including phenoxy) is 1. The molecule has 0 aromatic heterocycles. The predicted molar refractivity (Wildman–Crippen MR) is 36.0 cm³/mol. The van der Waals surface area contributed by atoms with Gasteiger partial charge in [0.05, 0.1) is 6.61 Å². The molecule has 0 aromatic carbocycles. The highest BCUT2D eigenvalue weighted by Gasteiger charge is 2.42. The summed E-state index contributed by atoms with van der Waals surface area (Å²) < 4.78 is 4.58. The van der Waals surface area contributed by atoms with Crippen molar-refractivity contribution in [3.05, 3.63) is 0 Å². The first-order valence-electron chi connectivity index (χ1n) is 3.56. The Morgan fingerprint density at radius 3 is 2.25 bits per heavy atom. The first-order chi connectivity index (χ1) is 5.57. The molecule has 0 spiro atoms. The fraction of sp³-hybridized carbons (Fsp3) is 1.00. The highest BCUT2D eigenvalue weighted by atomic mass is 16.9. The maximum absolute atomic E-state index is 9.12. The van der Waals surface area contributed by atoms with Crippen molar-refractivity contribution >= 4 is 0 Å². The smallest absolute Gasteiger partial charge is 0.184 e. The van der Waals surface area contributed by atoms with Crippen LogP contribution in [0.5, 0.6) is 0 Å². The zero-order valence-electron chi connectivity index (χ0n) is 6.24. The summed E-state index contributed by atoms with van der Waals surface area (Å²) in [5.74, 6) is 0. The molecule has 5 N–H and O–H groups in total. The summed E-state index contributed by atoms with van der Waals surface area (Å²) in [5, 5.41) is 44.7. The third-order valence-electron chi connectivity index (χ3n) is 1.87. The molecule has 6 heteroatoms. The molecule has 1 fully saturated rings. The number of aliphatic hydroxyl groups excluding tert-OH is 5. The van der Waals surface area contributed by atoms with Crippen LogP contribution in [0.15, 0.2) is 0 Å². The molecule has 1 rings (SSSR count). The van der Waals surface area contributed by atoms with E-state index in [-0.39, 0.29) is 0 Å². The summed E-state index contributed by atoms with van der Waals surface area (Å²) in [6.45, 7) is -0.526. The number of rotatable bonds is 1. The Bertz CT molecular complexity index is 146. The van der Waals surface area contributed by atoms with Gasteiger partial charge in [0, 0.05) is 0 Å². The fourth-order valence-electron chi connectivity index (χ4n) is 1.08. The molecular weight excluding hydrogens is 170 g/mol. The highest BCUT2D eigenvalue weighted by Crippen LogP contribution is 2.18. The number of hydrogen-bond acceptors (Lipinski definition) is 6. The molecular formula is C6H12O6. The van der Waals surface area contributed by atoms with E-state index in [9.17, 15) is 0 Å². The lowest BCUT2D eigenvalue weighted by molar-refractivity contribution is -0.286. The third-order valence-corrected chi connectivity index (χ3v) is 1.87. The minimum Gasteiger partial charge on any atom is -0.394 e. The average Bonchev–Trinajstić information content (AvgIpc) is 2.08. The van der Waals surface area contributed by atoms with Gasteiger partial charge in [0.25, 0.3) is 0 Å². The summed E-state index contributed by atoms with van der Waals surface area (Å²) in [5.41, 5.74) is 0.